The zero-order valence-corrected chi connectivity index (χ0v) is 41.3. The molecule has 2 nitrogen and oxygen atoms in total. The number of nitrogens with zero attached hydrogens (tertiary/aromatic N) is 2. The number of hydrogen-bond acceptors (Lipinski definition) is 2. The van der Waals surface area contributed by atoms with Crippen molar-refractivity contribution < 1.29 is 0 Å². The van der Waals surface area contributed by atoms with Crippen molar-refractivity contribution in [2.24, 2.45) is 5.92 Å². The first-order chi connectivity index (χ1) is 34.5. The fraction of sp³-hybridized carbons (Fsp3) is 0.159. The molecule has 71 heavy (non-hydrogen) atoms. The Kier molecular flexibility index (Phi) is 8.89. The van der Waals surface area contributed by atoms with Gasteiger partial charge in [0.25, 0.3) is 0 Å². The lowest BCUT2D eigenvalue weighted by Crippen LogP contribution is -2.30. The van der Waals surface area contributed by atoms with E-state index in [0.717, 1.165) is 11.4 Å². The second-order valence-corrected chi connectivity index (χ2v) is 22.0. The molecule has 10 aromatic rings. The van der Waals surface area contributed by atoms with Gasteiger partial charge in [-0.25, -0.2) is 0 Å². The number of benzene rings is 10. The van der Waals surface area contributed by atoms with Crippen LogP contribution in [0.1, 0.15) is 80.8 Å². The minimum atomic E-state index is -0.165. The minimum Gasteiger partial charge on any atom is -0.310 e. The average Bonchev–Trinajstić information content (AvgIpc) is 3.64. The number of allylic oxidation sites excluding steroid dienone is 4. The molecule has 2 unspecified atom stereocenters. The average molecular weight is 913 g/mol. The predicted molar refractivity (Wildman–Crippen MR) is 301 cm³/mol. The van der Waals surface area contributed by atoms with Gasteiger partial charge in [-0.3, -0.25) is 0 Å². The molecule has 0 bridgehead atoms. The minimum absolute atomic E-state index is 0.0407. The van der Waals surface area contributed by atoms with Crippen LogP contribution in [0.3, 0.4) is 0 Å². The quantitative estimate of drug-likeness (QED) is 0.162. The summed E-state index contributed by atoms with van der Waals surface area (Å²) in [7, 11) is 0. The van der Waals surface area contributed by atoms with Crippen molar-refractivity contribution in [1.82, 2.24) is 0 Å². The predicted octanol–water partition coefficient (Wildman–Crippen LogP) is 18.8. The zero-order valence-electron chi connectivity index (χ0n) is 41.3. The van der Waals surface area contributed by atoms with E-state index < -0.39 is 0 Å². The van der Waals surface area contributed by atoms with E-state index in [1.54, 1.807) is 0 Å². The van der Waals surface area contributed by atoms with Gasteiger partial charge in [-0.1, -0.05) is 211 Å². The number of rotatable bonds is 4. The maximum atomic E-state index is 2.53. The lowest BCUT2D eigenvalue weighted by molar-refractivity contribution is 0.394. The summed E-state index contributed by atoms with van der Waals surface area (Å²) in [5.74, 6) is 0.630. The molecule has 0 aromatic heterocycles. The Balaban J connectivity index is 1.14. The van der Waals surface area contributed by atoms with Gasteiger partial charge < -0.3 is 9.80 Å². The summed E-state index contributed by atoms with van der Waals surface area (Å²) in [4.78, 5) is 5.05. The van der Waals surface area contributed by atoms with Crippen LogP contribution in [0.5, 0.6) is 0 Å². The number of hydrogen-bond donors (Lipinski definition) is 0. The second kappa shape index (κ2) is 15.0. The molecule has 2 aliphatic carbocycles. The van der Waals surface area contributed by atoms with Gasteiger partial charge >= 0.3 is 0 Å². The summed E-state index contributed by atoms with van der Waals surface area (Å²) in [6.45, 7) is 14.4. The molecule has 0 fully saturated rings. The summed E-state index contributed by atoms with van der Waals surface area (Å²) in [6, 6.07) is 73.9. The van der Waals surface area contributed by atoms with Gasteiger partial charge in [0, 0.05) is 28.1 Å². The smallest absolute Gasteiger partial charge is 0.0502 e. The molecular formula is C69H56N2. The highest BCUT2D eigenvalue weighted by molar-refractivity contribution is 6.25. The van der Waals surface area contributed by atoms with Crippen molar-refractivity contribution in [3.63, 3.8) is 0 Å². The normalized spacial score (nSPS) is 18.5. The third-order valence-corrected chi connectivity index (χ3v) is 17.3. The summed E-state index contributed by atoms with van der Waals surface area (Å²) >= 11 is 0. The van der Waals surface area contributed by atoms with Crippen LogP contribution in [0.25, 0.3) is 54.6 Å². The maximum Gasteiger partial charge on any atom is 0.0502 e. The molecule has 0 saturated carbocycles. The zero-order chi connectivity index (χ0) is 48.0. The van der Waals surface area contributed by atoms with E-state index in [2.05, 4.69) is 270 Å². The topological polar surface area (TPSA) is 6.48 Å². The summed E-state index contributed by atoms with van der Waals surface area (Å²) < 4.78 is 0. The van der Waals surface area contributed by atoms with Gasteiger partial charge in [0.1, 0.15) is 0 Å². The van der Waals surface area contributed by atoms with Crippen LogP contribution < -0.4 is 9.80 Å². The van der Waals surface area contributed by atoms with Crippen LogP contribution in [0, 0.1) is 5.92 Å². The fourth-order valence-corrected chi connectivity index (χ4v) is 13.9. The van der Waals surface area contributed by atoms with Gasteiger partial charge in [-0.15, -0.1) is 0 Å². The van der Waals surface area contributed by atoms with E-state index in [-0.39, 0.29) is 22.2 Å². The third kappa shape index (κ3) is 5.82. The van der Waals surface area contributed by atoms with Crippen molar-refractivity contribution in [2.75, 3.05) is 9.80 Å². The SMILES string of the molecule is CC1(C)c2ccccc2N(c2ccc3c(-c4cccc5ccccc45)c4cc(N5c6ccccc6C(C)(C)c6ccccc65)ccc4c(-c4cccc5c4C4C=CC=CC4C5(C)C)c3c2)c2ccccc21. The molecule has 0 amide bonds. The van der Waals surface area contributed by atoms with E-state index >= 15 is 0 Å². The molecule has 2 atom stereocenters. The van der Waals surface area contributed by atoms with Gasteiger partial charge in [0.2, 0.25) is 0 Å². The van der Waals surface area contributed by atoms with E-state index in [4.69, 9.17) is 0 Å². The summed E-state index contributed by atoms with van der Waals surface area (Å²) in [5.41, 5.74) is 20.2. The Morgan fingerprint density at radius 1 is 0.352 bits per heavy atom. The first-order valence-electron chi connectivity index (χ1n) is 25.5. The van der Waals surface area contributed by atoms with Gasteiger partial charge in [-0.2, -0.15) is 0 Å². The molecule has 2 heteroatoms. The number of anilines is 6. The highest BCUT2D eigenvalue weighted by Crippen LogP contribution is 2.59. The molecule has 14 rings (SSSR count). The van der Waals surface area contributed by atoms with Crippen molar-refractivity contribution >= 4 is 66.4 Å². The fourth-order valence-electron chi connectivity index (χ4n) is 13.9. The Morgan fingerprint density at radius 3 is 1.32 bits per heavy atom. The molecule has 2 heterocycles. The van der Waals surface area contributed by atoms with Crippen LogP contribution in [0.15, 0.2) is 218 Å². The molecule has 0 radical (unpaired) electrons. The van der Waals surface area contributed by atoms with Gasteiger partial charge in [-0.05, 0) is 148 Å². The standard InChI is InChI=1S/C69H56N2/c1-67(2)54-27-10-9-24-50(54)66-51(26-20-32-59(66)67)65-49-40-38-44(70-60-33-15-11-28-55(60)68(3,4)56-29-12-16-34-61(56)70)41-52(49)64(47-25-19-22-43-21-7-8-23-46(43)47)48-39-37-45(42-53(48)65)71-62-35-17-13-30-57(62)69(5,6)58-31-14-18-36-63(58)71/h7-42,50,54H,1-6H3. The Morgan fingerprint density at radius 2 is 0.775 bits per heavy atom. The highest BCUT2D eigenvalue weighted by Gasteiger charge is 2.46. The van der Waals surface area contributed by atoms with E-state index in [1.165, 1.54) is 111 Å². The largest absolute Gasteiger partial charge is 0.310 e. The van der Waals surface area contributed by atoms with E-state index in [0.29, 0.717) is 5.92 Å². The molecule has 0 N–H and O–H groups in total. The van der Waals surface area contributed by atoms with Crippen molar-refractivity contribution in [1.29, 1.82) is 0 Å². The molecule has 10 aromatic carbocycles. The number of fused-ring (bicyclic) bond motifs is 10. The van der Waals surface area contributed by atoms with E-state index in [9.17, 15) is 0 Å². The first-order valence-corrected chi connectivity index (χ1v) is 25.5. The molecule has 0 spiro atoms. The van der Waals surface area contributed by atoms with Crippen molar-refractivity contribution in [2.45, 2.75) is 63.7 Å². The van der Waals surface area contributed by atoms with Crippen molar-refractivity contribution in [3.8, 4) is 22.3 Å². The molecule has 342 valence electrons. The van der Waals surface area contributed by atoms with Crippen LogP contribution >= 0.6 is 0 Å². The lowest BCUT2D eigenvalue weighted by atomic mass is 9.73. The van der Waals surface area contributed by atoms with Crippen molar-refractivity contribution in [3.05, 3.63) is 252 Å². The Labute approximate surface area is 417 Å². The molecule has 4 aliphatic rings. The van der Waals surface area contributed by atoms with Crippen LogP contribution in [-0.4, -0.2) is 0 Å². The lowest BCUT2D eigenvalue weighted by Gasteiger charge is -2.42. The van der Waals surface area contributed by atoms with Crippen LogP contribution in [0.4, 0.5) is 34.1 Å². The molecule has 0 saturated heterocycles. The third-order valence-electron chi connectivity index (χ3n) is 17.3. The van der Waals surface area contributed by atoms with E-state index in [1.807, 2.05) is 0 Å². The Bertz CT molecular complexity index is 3850. The summed E-state index contributed by atoms with van der Waals surface area (Å²) in [6.07, 6.45) is 9.46. The monoisotopic (exact) mass is 912 g/mol. The highest BCUT2D eigenvalue weighted by atomic mass is 15.2. The van der Waals surface area contributed by atoms with Gasteiger partial charge in [0.05, 0.1) is 22.7 Å². The van der Waals surface area contributed by atoms with Gasteiger partial charge in [0.15, 0.2) is 0 Å². The second-order valence-electron chi connectivity index (χ2n) is 22.0. The number of para-hydroxylation sites is 4. The summed E-state index contributed by atoms with van der Waals surface area (Å²) in [5, 5.41) is 7.49. The maximum absolute atomic E-state index is 2.53. The molecular weight excluding hydrogens is 857 g/mol. The van der Waals surface area contributed by atoms with Crippen LogP contribution in [0.2, 0.25) is 0 Å². The van der Waals surface area contributed by atoms with Crippen LogP contribution in [-0.2, 0) is 16.2 Å². The molecule has 2 aliphatic heterocycles. The Hall–Kier alpha value is -7.94. The first kappa shape index (κ1) is 42.0.